The summed E-state index contributed by atoms with van der Waals surface area (Å²) in [6.45, 7) is 2.27. The highest BCUT2D eigenvalue weighted by atomic mass is 32.2. The summed E-state index contributed by atoms with van der Waals surface area (Å²) in [6, 6.07) is 13.2. The maximum Gasteiger partial charge on any atom is 0.240 e. The van der Waals surface area contributed by atoms with E-state index in [1.54, 1.807) is 13.2 Å². The van der Waals surface area contributed by atoms with E-state index >= 15 is 0 Å². The van der Waals surface area contributed by atoms with Crippen molar-refractivity contribution in [2.45, 2.75) is 18.2 Å². The number of hydrogen-bond acceptors (Lipinski definition) is 4. The molecule has 0 spiro atoms. The van der Waals surface area contributed by atoms with Crippen molar-refractivity contribution >= 4 is 21.9 Å². The Balaban J connectivity index is 2.11. The van der Waals surface area contributed by atoms with Crippen molar-refractivity contribution in [3.05, 3.63) is 65.7 Å². The molecule has 0 aliphatic heterocycles. The third kappa shape index (κ3) is 5.27. The fourth-order valence-corrected chi connectivity index (χ4v) is 3.27. The van der Waals surface area contributed by atoms with E-state index in [0.717, 1.165) is 5.56 Å². The lowest BCUT2D eigenvalue weighted by molar-refractivity contribution is 0.104. The molecule has 2 rings (SSSR count). The van der Waals surface area contributed by atoms with E-state index in [0.29, 0.717) is 24.3 Å². The second kappa shape index (κ2) is 8.60. The van der Waals surface area contributed by atoms with Crippen molar-refractivity contribution in [2.75, 3.05) is 13.7 Å². The van der Waals surface area contributed by atoms with Crippen LogP contribution in [0.15, 0.2) is 59.5 Å². The summed E-state index contributed by atoms with van der Waals surface area (Å²) < 4.78 is 31.7. The van der Waals surface area contributed by atoms with Crippen LogP contribution in [0, 0.1) is 0 Å². The zero-order valence-corrected chi connectivity index (χ0v) is 15.0. The molecule has 25 heavy (non-hydrogen) atoms. The van der Waals surface area contributed by atoms with E-state index in [4.69, 9.17) is 4.74 Å². The molecule has 2 aromatic carbocycles. The maximum atomic E-state index is 12.2. The number of ketones is 1. The zero-order valence-electron chi connectivity index (χ0n) is 14.2. The van der Waals surface area contributed by atoms with Crippen molar-refractivity contribution in [1.82, 2.24) is 4.72 Å². The van der Waals surface area contributed by atoms with E-state index in [-0.39, 0.29) is 10.7 Å². The van der Waals surface area contributed by atoms with Gasteiger partial charge >= 0.3 is 0 Å². The van der Waals surface area contributed by atoms with Crippen molar-refractivity contribution in [2.24, 2.45) is 0 Å². The normalized spacial score (nSPS) is 11.6. The van der Waals surface area contributed by atoms with Crippen LogP contribution in [0.25, 0.3) is 6.08 Å². The number of allylic oxidation sites excluding steroid dienone is 1. The Bertz CT molecular complexity index is 855. The number of methoxy groups -OCH3 is 1. The number of carbonyl (C=O) groups excluding carboxylic acids is 1. The molecule has 2 aromatic rings. The average Bonchev–Trinajstić information content (AvgIpc) is 2.64. The van der Waals surface area contributed by atoms with Gasteiger partial charge in [-0.05, 0) is 54.5 Å². The summed E-state index contributed by atoms with van der Waals surface area (Å²) in [5.41, 5.74) is 1.27. The molecule has 0 heterocycles. The number of rotatable bonds is 8. The monoisotopic (exact) mass is 359 g/mol. The SMILES string of the molecule is CCCNS(=O)(=O)c1ccc(C(=O)C=Cc2cccc(OC)c2)cc1. The molecule has 0 aliphatic carbocycles. The molecule has 0 amide bonds. The van der Waals surface area contributed by atoms with Gasteiger partial charge in [-0.2, -0.15) is 0 Å². The minimum atomic E-state index is -3.52. The average molecular weight is 359 g/mol. The first-order valence-electron chi connectivity index (χ1n) is 7.92. The number of benzene rings is 2. The van der Waals surface area contributed by atoms with E-state index in [2.05, 4.69) is 4.72 Å². The second-order valence-electron chi connectivity index (χ2n) is 5.40. The first-order valence-corrected chi connectivity index (χ1v) is 9.41. The molecule has 0 saturated heterocycles. The number of ether oxygens (including phenoxy) is 1. The summed E-state index contributed by atoms with van der Waals surface area (Å²) in [5.74, 6) is 0.511. The molecular formula is C19H21NO4S. The van der Waals surface area contributed by atoms with Crippen LogP contribution in [0.4, 0.5) is 0 Å². The molecule has 0 aromatic heterocycles. The Hall–Kier alpha value is -2.44. The fraction of sp³-hybridized carbons (Fsp3) is 0.211. The minimum Gasteiger partial charge on any atom is -0.497 e. The van der Waals surface area contributed by atoms with Gasteiger partial charge in [-0.15, -0.1) is 0 Å². The smallest absolute Gasteiger partial charge is 0.240 e. The number of hydrogen-bond donors (Lipinski definition) is 1. The Morgan fingerprint density at radius 3 is 2.52 bits per heavy atom. The van der Waals surface area contributed by atoms with Crippen LogP contribution in [-0.2, 0) is 10.0 Å². The summed E-state index contributed by atoms with van der Waals surface area (Å²) in [7, 11) is -1.94. The Labute approximate surface area is 148 Å². The van der Waals surface area contributed by atoms with Gasteiger partial charge in [0.05, 0.1) is 12.0 Å². The van der Waals surface area contributed by atoms with Crippen LogP contribution in [0.2, 0.25) is 0 Å². The Kier molecular flexibility index (Phi) is 6.50. The molecule has 0 unspecified atom stereocenters. The first kappa shape index (κ1) is 18.9. The summed E-state index contributed by atoms with van der Waals surface area (Å²) in [5, 5.41) is 0. The van der Waals surface area contributed by atoms with Gasteiger partial charge in [0.15, 0.2) is 5.78 Å². The van der Waals surface area contributed by atoms with Gasteiger partial charge in [-0.25, -0.2) is 13.1 Å². The van der Waals surface area contributed by atoms with Crippen LogP contribution in [0.3, 0.4) is 0 Å². The van der Waals surface area contributed by atoms with Gasteiger partial charge in [0.1, 0.15) is 5.75 Å². The van der Waals surface area contributed by atoms with Gasteiger partial charge in [0.2, 0.25) is 10.0 Å². The van der Waals surface area contributed by atoms with E-state index in [9.17, 15) is 13.2 Å². The molecule has 0 fully saturated rings. The van der Waals surface area contributed by atoms with Crippen LogP contribution in [-0.4, -0.2) is 27.9 Å². The van der Waals surface area contributed by atoms with Crippen LogP contribution in [0.5, 0.6) is 5.75 Å². The van der Waals surface area contributed by atoms with Gasteiger partial charge in [0, 0.05) is 12.1 Å². The van der Waals surface area contributed by atoms with Crippen molar-refractivity contribution in [1.29, 1.82) is 0 Å². The minimum absolute atomic E-state index is 0.147. The maximum absolute atomic E-state index is 12.2. The second-order valence-corrected chi connectivity index (χ2v) is 7.16. The number of carbonyl (C=O) groups is 1. The topological polar surface area (TPSA) is 72.5 Å². The molecule has 132 valence electrons. The van der Waals surface area contributed by atoms with Gasteiger partial charge in [-0.3, -0.25) is 4.79 Å². The quantitative estimate of drug-likeness (QED) is 0.580. The molecule has 0 aliphatic rings. The van der Waals surface area contributed by atoms with Gasteiger partial charge < -0.3 is 4.74 Å². The third-order valence-corrected chi connectivity index (χ3v) is 4.99. The summed E-state index contributed by atoms with van der Waals surface area (Å²) in [4.78, 5) is 12.4. The highest BCUT2D eigenvalue weighted by Gasteiger charge is 2.13. The first-order chi connectivity index (χ1) is 12.0. The summed E-state index contributed by atoms with van der Waals surface area (Å²) >= 11 is 0. The van der Waals surface area contributed by atoms with E-state index in [1.807, 2.05) is 31.2 Å². The molecule has 5 nitrogen and oxygen atoms in total. The Morgan fingerprint density at radius 1 is 1.16 bits per heavy atom. The predicted octanol–water partition coefficient (Wildman–Crippen LogP) is 3.28. The molecule has 0 saturated carbocycles. The molecule has 6 heteroatoms. The van der Waals surface area contributed by atoms with E-state index < -0.39 is 10.0 Å². The standard InChI is InChI=1S/C19H21NO4S/c1-3-13-20-25(22,23)18-10-8-16(9-11-18)19(21)12-7-15-5-4-6-17(14-15)24-2/h4-12,14,20H,3,13H2,1-2H3. The van der Waals surface area contributed by atoms with E-state index in [1.165, 1.54) is 30.3 Å². The van der Waals surface area contributed by atoms with Crippen LogP contribution >= 0.6 is 0 Å². The Morgan fingerprint density at radius 2 is 1.88 bits per heavy atom. The molecule has 0 atom stereocenters. The fourth-order valence-electron chi connectivity index (χ4n) is 2.13. The lowest BCUT2D eigenvalue weighted by Gasteiger charge is -2.05. The van der Waals surface area contributed by atoms with Crippen LogP contribution in [0.1, 0.15) is 29.3 Å². The molecule has 0 bridgehead atoms. The highest BCUT2D eigenvalue weighted by molar-refractivity contribution is 7.89. The largest absolute Gasteiger partial charge is 0.497 e. The molecule has 1 N–H and O–H groups in total. The molecule has 0 radical (unpaired) electrons. The molecular weight excluding hydrogens is 338 g/mol. The number of nitrogens with one attached hydrogen (secondary N) is 1. The zero-order chi connectivity index (χ0) is 18.3. The van der Waals surface area contributed by atoms with Crippen molar-refractivity contribution in [3.63, 3.8) is 0 Å². The van der Waals surface area contributed by atoms with Crippen LogP contribution < -0.4 is 9.46 Å². The van der Waals surface area contributed by atoms with Crippen molar-refractivity contribution in [3.8, 4) is 5.75 Å². The lowest BCUT2D eigenvalue weighted by Crippen LogP contribution is -2.24. The lowest BCUT2D eigenvalue weighted by atomic mass is 10.1. The summed E-state index contributed by atoms with van der Waals surface area (Å²) in [6.07, 6.45) is 3.86. The van der Waals surface area contributed by atoms with Gasteiger partial charge in [-0.1, -0.05) is 25.1 Å². The predicted molar refractivity (Wildman–Crippen MR) is 98.3 cm³/mol. The number of sulfonamides is 1. The van der Waals surface area contributed by atoms with Gasteiger partial charge in [0.25, 0.3) is 0 Å². The van der Waals surface area contributed by atoms with Crippen molar-refractivity contribution < 1.29 is 17.9 Å². The highest BCUT2D eigenvalue weighted by Crippen LogP contribution is 2.15. The third-order valence-electron chi connectivity index (χ3n) is 3.51.